The zero-order valence-corrected chi connectivity index (χ0v) is 25.1. The Hall–Kier alpha value is -3.60. The molecule has 2 fully saturated rings. The lowest BCUT2D eigenvalue weighted by Gasteiger charge is -2.42. The summed E-state index contributed by atoms with van der Waals surface area (Å²) in [6.07, 6.45) is -0.000389. The van der Waals surface area contributed by atoms with Gasteiger partial charge in [-0.25, -0.2) is 0 Å². The summed E-state index contributed by atoms with van der Waals surface area (Å²) in [7, 11) is 0. The minimum absolute atomic E-state index is 0.0137. The number of benzene rings is 3. The van der Waals surface area contributed by atoms with Crippen LogP contribution in [0, 0.1) is 5.92 Å². The Morgan fingerprint density at radius 1 is 0.932 bits per heavy atom. The summed E-state index contributed by atoms with van der Waals surface area (Å²) >= 11 is 0. The topological polar surface area (TPSA) is 129 Å². The normalized spacial score (nSPS) is 23.8. The fourth-order valence-electron chi connectivity index (χ4n) is 5.98. The molecular formula is C35H42N2O7. The number of nitrogens with zero attached hydrogens (tertiary/aromatic N) is 1. The van der Waals surface area contributed by atoms with E-state index in [4.69, 9.17) is 14.6 Å². The van der Waals surface area contributed by atoms with Gasteiger partial charge in [-0.15, -0.1) is 0 Å². The van der Waals surface area contributed by atoms with Crippen LogP contribution in [-0.2, 0) is 32.2 Å². The maximum atomic E-state index is 12.1. The lowest BCUT2D eigenvalue weighted by Crippen LogP contribution is -2.44. The van der Waals surface area contributed by atoms with Crippen LogP contribution in [-0.4, -0.2) is 63.9 Å². The number of likely N-dealkylation sites (tertiary alicyclic amines) is 1. The summed E-state index contributed by atoms with van der Waals surface area (Å²) in [6.45, 7) is 4.67. The molecule has 44 heavy (non-hydrogen) atoms. The molecule has 2 aliphatic rings. The lowest BCUT2D eigenvalue weighted by atomic mass is 9.90. The van der Waals surface area contributed by atoms with Crippen LogP contribution in [0.2, 0.25) is 0 Å². The van der Waals surface area contributed by atoms with Crippen LogP contribution in [0.15, 0.2) is 72.8 Å². The number of aliphatic hydroxyl groups is 2. The van der Waals surface area contributed by atoms with E-state index in [9.17, 15) is 19.8 Å². The third-order valence-corrected chi connectivity index (χ3v) is 8.51. The van der Waals surface area contributed by atoms with Crippen molar-refractivity contribution in [3.05, 3.63) is 95.1 Å². The van der Waals surface area contributed by atoms with Crippen molar-refractivity contribution >= 4 is 11.9 Å². The van der Waals surface area contributed by atoms with E-state index >= 15 is 0 Å². The van der Waals surface area contributed by atoms with E-state index in [-0.39, 0.29) is 49.6 Å². The molecule has 1 amide bonds. The number of aliphatic hydroxyl groups excluding tert-OH is 2. The van der Waals surface area contributed by atoms with Crippen molar-refractivity contribution in [1.82, 2.24) is 10.2 Å². The Kier molecular flexibility index (Phi) is 10.8. The number of carboxylic acids is 1. The zero-order valence-electron chi connectivity index (χ0n) is 25.1. The van der Waals surface area contributed by atoms with Gasteiger partial charge in [0.2, 0.25) is 5.91 Å². The predicted molar refractivity (Wildman–Crippen MR) is 165 cm³/mol. The van der Waals surface area contributed by atoms with Gasteiger partial charge < -0.3 is 30.1 Å². The molecule has 5 atom stereocenters. The molecule has 0 unspecified atom stereocenters. The second kappa shape index (κ2) is 14.9. The molecule has 2 saturated heterocycles. The molecule has 0 spiro atoms. The number of nitrogens with one attached hydrogen (secondary N) is 1. The minimum atomic E-state index is -0.902. The molecule has 4 N–H and O–H groups in total. The Labute approximate surface area is 258 Å². The van der Waals surface area contributed by atoms with Crippen molar-refractivity contribution in [2.75, 3.05) is 19.6 Å². The molecule has 0 aromatic heterocycles. The Morgan fingerprint density at radius 2 is 1.68 bits per heavy atom. The predicted octanol–water partition coefficient (Wildman–Crippen LogP) is 4.58. The molecule has 234 valence electrons. The van der Waals surface area contributed by atoms with Gasteiger partial charge in [-0.05, 0) is 52.8 Å². The van der Waals surface area contributed by atoms with Gasteiger partial charge in [-0.2, -0.15) is 0 Å². The molecule has 9 heteroatoms. The number of aliphatic carboxylic acids is 1. The van der Waals surface area contributed by atoms with Crippen LogP contribution in [0.25, 0.3) is 11.1 Å². The number of amides is 1. The van der Waals surface area contributed by atoms with Gasteiger partial charge in [0, 0.05) is 50.5 Å². The summed E-state index contributed by atoms with van der Waals surface area (Å²) in [6, 6.07) is 23.9. The third kappa shape index (κ3) is 8.31. The maximum absolute atomic E-state index is 12.1. The molecular weight excluding hydrogens is 560 g/mol. The van der Waals surface area contributed by atoms with E-state index in [1.54, 1.807) is 0 Å². The van der Waals surface area contributed by atoms with Gasteiger partial charge >= 0.3 is 5.97 Å². The number of carbonyl (C=O) groups is 2. The van der Waals surface area contributed by atoms with Gasteiger partial charge in [-0.3, -0.25) is 14.5 Å². The molecule has 9 nitrogen and oxygen atoms in total. The van der Waals surface area contributed by atoms with Crippen molar-refractivity contribution < 1.29 is 34.4 Å². The summed E-state index contributed by atoms with van der Waals surface area (Å²) in [4.78, 5) is 25.1. The first kappa shape index (κ1) is 31.8. The van der Waals surface area contributed by atoms with Crippen molar-refractivity contribution in [2.24, 2.45) is 5.92 Å². The quantitative estimate of drug-likeness (QED) is 0.237. The first-order valence-corrected chi connectivity index (χ1v) is 15.4. The molecule has 3 aromatic rings. The molecule has 0 radical (unpaired) electrons. The largest absolute Gasteiger partial charge is 0.481 e. The number of rotatable bonds is 12. The van der Waals surface area contributed by atoms with E-state index < -0.39 is 12.3 Å². The highest BCUT2D eigenvalue weighted by molar-refractivity contribution is 5.76. The monoisotopic (exact) mass is 602 g/mol. The second-order valence-electron chi connectivity index (χ2n) is 11.9. The van der Waals surface area contributed by atoms with Crippen LogP contribution in [0.3, 0.4) is 0 Å². The highest BCUT2D eigenvalue weighted by Crippen LogP contribution is 2.42. The average molecular weight is 603 g/mol. The Morgan fingerprint density at radius 3 is 2.39 bits per heavy atom. The summed E-state index contributed by atoms with van der Waals surface area (Å²) in [5, 5.41) is 31.3. The lowest BCUT2D eigenvalue weighted by molar-refractivity contribution is -0.276. The zero-order chi connectivity index (χ0) is 31.1. The standard InChI is InChI=1S/C35H42N2O7/c1-23-31(21-37-16-15-30(39)20-37)43-35(44-34(23)26-13-11-24(22-38)12-14-26)29-8-3-7-28(18-29)27-6-2-5-25(17-27)19-36-32(40)9-4-10-33(41)42/h2-3,5-8,11-14,17-18,23,30-31,34-35,38-39H,4,9-10,15-16,19-22H2,1H3,(H,36,40)(H,41,42)/t23-,30+,31+,34+,35+/m1/s1. The number of hydrogen-bond acceptors (Lipinski definition) is 7. The second-order valence-corrected chi connectivity index (χ2v) is 11.9. The van der Waals surface area contributed by atoms with Crippen LogP contribution >= 0.6 is 0 Å². The van der Waals surface area contributed by atoms with E-state index in [2.05, 4.69) is 23.2 Å². The first-order chi connectivity index (χ1) is 21.3. The van der Waals surface area contributed by atoms with Crippen molar-refractivity contribution in [3.8, 4) is 11.1 Å². The van der Waals surface area contributed by atoms with E-state index in [1.165, 1.54) is 0 Å². The number of β-amino-alcohol motifs (C(OH)–C–C–N with tert-alkyl or cyclic N) is 1. The van der Waals surface area contributed by atoms with Crippen molar-refractivity contribution in [3.63, 3.8) is 0 Å². The maximum Gasteiger partial charge on any atom is 0.303 e. The van der Waals surface area contributed by atoms with Gasteiger partial charge in [0.05, 0.1) is 24.9 Å². The molecule has 0 saturated carbocycles. The fraction of sp³-hybridized carbons (Fsp3) is 0.429. The smallest absolute Gasteiger partial charge is 0.303 e. The molecule has 2 heterocycles. The van der Waals surface area contributed by atoms with Gasteiger partial charge in [-0.1, -0.05) is 67.6 Å². The Bertz CT molecular complexity index is 1410. The SMILES string of the molecule is C[C@@H]1[C@H](CN2CC[C@H](O)C2)O[C@H](c2cccc(-c3cccc(CNC(=O)CCCC(=O)O)c3)c2)O[C@@H]1c1ccc(CO)cc1. The van der Waals surface area contributed by atoms with Gasteiger partial charge in [0.1, 0.15) is 0 Å². The van der Waals surface area contributed by atoms with E-state index in [0.29, 0.717) is 26.1 Å². The minimum Gasteiger partial charge on any atom is -0.481 e. The van der Waals surface area contributed by atoms with Gasteiger partial charge in [0.25, 0.3) is 0 Å². The number of carbonyl (C=O) groups excluding carboxylic acids is 1. The van der Waals surface area contributed by atoms with Crippen LogP contribution in [0.5, 0.6) is 0 Å². The highest BCUT2D eigenvalue weighted by Gasteiger charge is 2.40. The van der Waals surface area contributed by atoms with Crippen LogP contribution < -0.4 is 5.32 Å². The fourth-order valence-corrected chi connectivity index (χ4v) is 5.98. The van der Waals surface area contributed by atoms with Crippen molar-refractivity contribution in [2.45, 2.75) is 70.4 Å². The van der Waals surface area contributed by atoms with Crippen LogP contribution in [0.4, 0.5) is 0 Å². The first-order valence-electron chi connectivity index (χ1n) is 15.4. The molecule has 0 bridgehead atoms. The molecule has 3 aromatic carbocycles. The van der Waals surface area contributed by atoms with Gasteiger partial charge in [0.15, 0.2) is 6.29 Å². The average Bonchev–Trinajstić information content (AvgIpc) is 3.45. The van der Waals surface area contributed by atoms with E-state index in [0.717, 1.165) is 46.3 Å². The van der Waals surface area contributed by atoms with Crippen LogP contribution in [0.1, 0.15) is 67.3 Å². The molecule has 2 aliphatic heterocycles. The third-order valence-electron chi connectivity index (χ3n) is 8.51. The van der Waals surface area contributed by atoms with E-state index in [1.807, 2.05) is 66.7 Å². The summed E-state index contributed by atoms with van der Waals surface area (Å²) in [5.41, 5.74) is 5.70. The molecule has 5 rings (SSSR count). The Balaban J connectivity index is 1.33. The summed E-state index contributed by atoms with van der Waals surface area (Å²) < 4.78 is 13.3. The summed E-state index contributed by atoms with van der Waals surface area (Å²) in [5.74, 6) is -1.01. The molecule has 0 aliphatic carbocycles. The number of carboxylic acid groups (broad SMARTS) is 1. The number of ether oxygens (including phenoxy) is 2. The van der Waals surface area contributed by atoms with Crippen molar-refractivity contribution in [1.29, 1.82) is 0 Å². The number of hydrogen-bond donors (Lipinski definition) is 4. The highest BCUT2D eigenvalue weighted by atomic mass is 16.7.